The number of piperidine rings is 1. The fraction of sp³-hybridized carbons (Fsp3) is 0.280. The minimum absolute atomic E-state index is 0.0387. The fourth-order valence-electron chi connectivity index (χ4n) is 4.05. The lowest BCUT2D eigenvalue weighted by molar-refractivity contribution is -0.137. The van der Waals surface area contributed by atoms with Crippen LogP contribution in [0.15, 0.2) is 71.5 Å². The van der Waals surface area contributed by atoms with Gasteiger partial charge in [-0.25, -0.2) is 0 Å². The number of rotatable bonds is 6. The van der Waals surface area contributed by atoms with Crippen molar-refractivity contribution in [3.8, 4) is 0 Å². The standard InChI is InChI=1S/C25H24F3N3O3/c26-25(27,28)21-13-20(29-24(33)19-10-12-34-16-19)8-9-22(21)30-23(32)18-7-4-11-31(15-18)14-17-5-2-1-3-6-17/h1-3,5-6,8-10,12-13,16,18H,4,7,11,14-15H2,(H,29,33)(H,30,32). The molecule has 1 unspecified atom stereocenters. The van der Waals surface area contributed by atoms with E-state index in [0.717, 1.165) is 30.7 Å². The van der Waals surface area contributed by atoms with Crippen LogP contribution < -0.4 is 10.6 Å². The predicted octanol–water partition coefficient (Wildman–Crippen LogP) is 5.40. The van der Waals surface area contributed by atoms with Crippen LogP contribution in [0.5, 0.6) is 0 Å². The summed E-state index contributed by atoms with van der Waals surface area (Å²) in [4.78, 5) is 27.2. The highest BCUT2D eigenvalue weighted by Crippen LogP contribution is 2.37. The number of halogens is 3. The molecule has 9 heteroatoms. The minimum Gasteiger partial charge on any atom is -0.472 e. The lowest BCUT2D eigenvalue weighted by Crippen LogP contribution is -2.40. The van der Waals surface area contributed by atoms with Crippen molar-refractivity contribution >= 4 is 23.2 Å². The van der Waals surface area contributed by atoms with Crippen molar-refractivity contribution in [2.75, 3.05) is 23.7 Å². The average Bonchev–Trinajstić information content (AvgIpc) is 3.35. The molecule has 6 nitrogen and oxygen atoms in total. The fourth-order valence-corrected chi connectivity index (χ4v) is 4.05. The molecule has 1 atom stereocenters. The third-order valence-electron chi connectivity index (χ3n) is 5.75. The minimum atomic E-state index is -4.72. The Morgan fingerprint density at radius 2 is 1.85 bits per heavy atom. The van der Waals surface area contributed by atoms with Crippen LogP contribution in [-0.4, -0.2) is 29.8 Å². The Morgan fingerprint density at radius 3 is 2.56 bits per heavy atom. The molecule has 0 aliphatic carbocycles. The van der Waals surface area contributed by atoms with Crippen molar-refractivity contribution in [3.05, 3.63) is 83.8 Å². The summed E-state index contributed by atoms with van der Waals surface area (Å²) in [5.41, 5.74) is -0.0933. The molecule has 1 fully saturated rings. The molecule has 1 aromatic heterocycles. The van der Waals surface area contributed by atoms with E-state index >= 15 is 0 Å². The molecule has 1 saturated heterocycles. The van der Waals surface area contributed by atoms with Crippen LogP contribution in [0, 0.1) is 5.92 Å². The molecule has 2 heterocycles. The van der Waals surface area contributed by atoms with E-state index in [2.05, 4.69) is 15.5 Å². The largest absolute Gasteiger partial charge is 0.472 e. The summed E-state index contributed by atoms with van der Waals surface area (Å²) in [6.45, 7) is 1.99. The van der Waals surface area contributed by atoms with Gasteiger partial charge in [0.25, 0.3) is 5.91 Å². The molecule has 4 rings (SSSR count). The Balaban J connectivity index is 1.45. The van der Waals surface area contributed by atoms with E-state index in [-0.39, 0.29) is 16.9 Å². The third-order valence-corrected chi connectivity index (χ3v) is 5.75. The van der Waals surface area contributed by atoms with Gasteiger partial charge in [-0.3, -0.25) is 14.5 Å². The number of benzene rings is 2. The van der Waals surface area contributed by atoms with Gasteiger partial charge in [0, 0.05) is 18.8 Å². The number of nitrogens with one attached hydrogen (secondary N) is 2. The van der Waals surface area contributed by atoms with Gasteiger partial charge in [0.1, 0.15) is 6.26 Å². The molecule has 34 heavy (non-hydrogen) atoms. The van der Waals surface area contributed by atoms with Gasteiger partial charge in [0.05, 0.1) is 29.0 Å². The highest BCUT2D eigenvalue weighted by atomic mass is 19.4. The molecule has 0 bridgehead atoms. The number of anilines is 2. The Morgan fingerprint density at radius 1 is 1.06 bits per heavy atom. The summed E-state index contributed by atoms with van der Waals surface area (Å²) in [6, 6.07) is 14.5. The summed E-state index contributed by atoms with van der Waals surface area (Å²) in [7, 11) is 0. The zero-order valence-electron chi connectivity index (χ0n) is 18.3. The van der Waals surface area contributed by atoms with Gasteiger partial charge < -0.3 is 15.1 Å². The van der Waals surface area contributed by atoms with Crippen molar-refractivity contribution < 1.29 is 27.2 Å². The molecule has 2 aromatic carbocycles. The number of nitrogens with zero attached hydrogens (tertiary/aromatic N) is 1. The number of amides is 2. The Kier molecular flexibility index (Phi) is 7.02. The van der Waals surface area contributed by atoms with Crippen molar-refractivity contribution in [2.24, 2.45) is 5.92 Å². The first-order valence-corrected chi connectivity index (χ1v) is 10.9. The maximum Gasteiger partial charge on any atom is 0.418 e. The molecule has 1 aliphatic rings. The second-order valence-electron chi connectivity index (χ2n) is 8.27. The number of furan rings is 1. The Labute approximate surface area is 194 Å². The van der Waals surface area contributed by atoms with Gasteiger partial charge in [0.2, 0.25) is 5.91 Å². The first kappa shape index (κ1) is 23.6. The predicted molar refractivity (Wildman–Crippen MR) is 121 cm³/mol. The lowest BCUT2D eigenvalue weighted by atomic mass is 9.96. The zero-order valence-corrected chi connectivity index (χ0v) is 18.3. The summed E-state index contributed by atoms with van der Waals surface area (Å²) in [5, 5.41) is 4.88. The molecule has 0 saturated carbocycles. The van der Waals surface area contributed by atoms with Crippen LogP contribution in [-0.2, 0) is 17.5 Å². The summed E-state index contributed by atoms with van der Waals surface area (Å²) < 4.78 is 46.1. The monoisotopic (exact) mass is 471 g/mol. The van der Waals surface area contributed by atoms with Gasteiger partial charge in [-0.2, -0.15) is 13.2 Å². The molecular formula is C25H24F3N3O3. The van der Waals surface area contributed by atoms with Crippen LogP contribution in [0.2, 0.25) is 0 Å². The zero-order chi connectivity index (χ0) is 24.1. The van der Waals surface area contributed by atoms with E-state index < -0.39 is 29.5 Å². The Hall–Kier alpha value is -3.59. The summed E-state index contributed by atoms with van der Waals surface area (Å²) >= 11 is 0. The molecule has 0 spiro atoms. The van der Waals surface area contributed by atoms with Crippen molar-refractivity contribution in [1.29, 1.82) is 0 Å². The van der Waals surface area contributed by atoms with E-state index in [1.54, 1.807) is 0 Å². The Bertz CT molecular complexity index is 1130. The second-order valence-corrected chi connectivity index (χ2v) is 8.27. The van der Waals surface area contributed by atoms with Gasteiger partial charge in [-0.15, -0.1) is 0 Å². The van der Waals surface area contributed by atoms with E-state index in [9.17, 15) is 22.8 Å². The number of hydrogen-bond acceptors (Lipinski definition) is 4. The van der Waals surface area contributed by atoms with Crippen molar-refractivity contribution in [2.45, 2.75) is 25.6 Å². The van der Waals surface area contributed by atoms with Crippen LogP contribution in [0.3, 0.4) is 0 Å². The number of likely N-dealkylation sites (tertiary alicyclic amines) is 1. The summed E-state index contributed by atoms with van der Waals surface area (Å²) in [6.07, 6.45) is -0.834. The van der Waals surface area contributed by atoms with E-state index in [0.29, 0.717) is 19.5 Å². The van der Waals surface area contributed by atoms with Gasteiger partial charge >= 0.3 is 6.18 Å². The first-order valence-electron chi connectivity index (χ1n) is 10.9. The van der Waals surface area contributed by atoms with E-state index in [1.165, 1.54) is 24.7 Å². The number of carbonyl (C=O) groups is 2. The lowest BCUT2D eigenvalue weighted by Gasteiger charge is -2.32. The summed E-state index contributed by atoms with van der Waals surface area (Å²) in [5.74, 6) is -1.46. The van der Waals surface area contributed by atoms with Crippen LogP contribution in [0.4, 0.5) is 24.5 Å². The van der Waals surface area contributed by atoms with Gasteiger partial charge in [-0.05, 0) is 49.2 Å². The first-order chi connectivity index (χ1) is 16.3. The normalized spacial score (nSPS) is 16.7. The maximum absolute atomic E-state index is 13.7. The van der Waals surface area contributed by atoms with Crippen molar-refractivity contribution in [3.63, 3.8) is 0 Å². The van der Waals surface area contributed by atoms with E-state index in [1.807, 2.05) is 30.3 Å². The molecule has 178 valence electrons. The highest BCUT2D eigenvalue weighted by Gasteiger charge is 2.35. The number of alkyl halides is 3. The van der Waals surface area contributed by atoms with Crippen molar-refractivity contribution in [1.82, 2.24) is 4.90 Å². The molecule has 1 aliphatic heterocycles. The van der Waals surface area contributed by atoms with Crippen LogP contribution in [0.1, 0.15) is 34.3 Å². The molecule has 2 N–H and O–H groups in total. The molecule has 3 aromatic rings. The smallest absolute Gasteiger partial charge is 0.418 e. The van der Waals surface area contributed by atoms with Gasteiger partial charge in [-0.1, -0.05) is 30.3 Å². The quantitative estimate of drug-likeness (QED) is 0.505. The van der Waals surface area contributed by atoms with E-state index in [4.69, 9.17) is 4.42 Å². The maximum atomic E-state index is 13.7. The van der Waals surface area contributed by atoms with Crippen LogP contribution >= 0.6 is 0 Å². The average molecular weight is 471 g/mol. The van der Waals surface area contributed by atoms with Crippen LogP contribution in [0.25, 0.3) is 0 Å². The molecule has 2 amide bonds. The topological polar surface area (TPSA) is 74.6 Å². The highest BCUT2D eigenvalue weighted by molar-refractivity contribution is 6.04. The SMILES string of the molecule is O=C(Nc1ccc(NC(=O)C2CCCN(Cc3ccccc3)C2)c(C(F)(F)F)c1)c1ccoc1. The number of hydrogen-bond donors (Lipinski definition) is 2. The molecule has 0 radical (unpaired) electrons. The second kappa shape index (κ2) is 10.1. The van der Waals surface area contributed by atoms with Gasteiger partial charge in [0.15, 0.2) is 0 Å². The molecular weight excluding hydrogens is 447 g/mol. The third kappa shape index (κ3) is 5.85. The number of carbonyl (C=O) groups excluding carboxylic acids is 2.